The lowest BCUT2D eigenvalue weighted by Crippen LogP contribution is -1.94. The predicted molar refractivity (Wildman–Crippen MR) is 92.0 cm³/mol. The molecule has 0 atom stereocenters. The normalized spacial score (nSPS) is 11.0. The summed E-state index contributed by atoms with van der Waals surface area (Å²) >= 11 is 0. The highest BCUT2D eigenvalue weighted by molar-refractivity contribution is 5.83. The van der Waals surface area contributed by atoms with Crippen LogP contribution in [0, 0.1) is 0 Å². The van der Waals surface area contributed by atoms with Crippen LogP contribution in [0.25, 0.3) is 10.8 Å². The molecule has 0 radical (unpaired) electrons. The van der Waals surface area contributed by atoms with Crippen LogP contribution < -0.4 is 0 Å². The van der Waals surface area contributed by atoms with Gasteiger partial charge in [-0.15, -0.1) is 0 Å². The van der Waals surface area contributed by atoms with Gasteiger partial charge >= 0.3 is 0 Å². The number of benzene rings is 3. The molecule has 0 aliphatic rings. The molecule has 0 saturated carbocycles. The number of aryl methyl sites for hydroxylation is 2. The molecule has 0 bridgehead atoms. The minimum atomic E-state index is 1.02. The highest BCUT2D eigenvalue weighted by atomic mass is 14.1. The van der Waals surface area contributed by atoms with Crippen LogP contribution in [-0.2, 0) is 19.3 Å². The van der Waals surface area contributed by atoms with E-state index in [1.165, 1.54) is 33.0 Å². The summed E-state index contributed by atoms with van der Waals surface area (Å²) in [6.45, 7) is 4.46. The topological polar surface area (TPSA) is 0 Å². The maximum absolute atomic E-state index is 2.36. The second kappa shape index (κ2) is 6.13. The maximum Gasteiger partial charge on any atom is -0.00253 e. The monoisotopic (exact) mass is 274 g/mol. The molecule has 0 heteroatoms. The molecule has 3 rings (SSSR count). The van der Waals surface area contributed by atoms with Gasteiger partial charge in [0.25, 0.3) is 0 Å². The Morgan fingerprint density at radius 2 is 1.19 bits per heavy atom. The summed E-state index contributed by atoms with van der Waals surface area (Å²) in [6, 6.07) is 22.4. The molecule has 0 aliphatic carbocycles. The fourth-order valence-corrected chi connectivity index (χ4v) is 2.93. The van der Waals surface area contributed by atoms with Gasteiger partial charge in [0.15, 0.2) is 0 Å². The molecule has 0 aliphatic heterocycles. The van der Waals surface area contributed by atoms with Gasteiger partial charge < -0.3 is 0 Å². The Balaban J connectivity index is 1.94. The molecule has 0 fully saturated rings. The zero-order valence-electron chi connectivity index (χ0n) is 12.9. The second-order valence-corrected chi connectivity index (χ2v) is 5.72. The number of hydrogen-bond acceptors (Lipinski definition) is 0. The van der Waals surface area contributed by atoms with Crippen molar-refractivity contribution < 1.29 is 0 Å². The van der Waals surface area contributed by atoms with Crippen molar-refractivity contribution in [3.63, 3.8) is 0 Å². The van der Waals surface area contributed by atoms with Gasteiger partial charge in [0.05, 0.1) is 0 Å². The lowest BCUT2D eigenvalue weighted by atomic mass is 9.96. The molecule has 3 aromatic carbocycles. The smallest absolute Gasteiger partial charge is 0.00253 e. The largest absolute Gasteiger partial charge is 0.0616 e. The first-order valence-corrected chi connectivity index (χ1v) is 7.88. The van der Waals surface area contributed by atoms with E-state index in [2.05, 4.69) is 74.5 Å². The Bertz CT molecular complexity index is 731. The van der Waals surface area contributed by atoms with Crippen molar-refractivity contribution in [2.75, 3.05) is 0 Å². The van der Waals surface area contributed by atoms with Crippen LogP contribution in [-0.4, -0.2) is 0 Å². The van der Waals surface area contributed by atoms with E-state index >= 15 is 0 Å². The molecule has 106 valence electrons. The van der Waals surface area contributed by atoms with Crippen molar-refractivity contribution in [2.45, 2.75) is 33.1 Å². The Kier molecular flexibility index (Phi) is 4.06. The van der Waals surface area contributed by atoms with E-state index in [9.17, 15) is 0 Å². The molecule has 0 saturated heterocycles. The van der Waals surface area contributed by atoms with E-state index < -0.39 is 0 Å². The molecule has 3 aromatic rings. The van der Waals surface area contributed by atoms with E-state index in [1.807, 2.05) is 0 Å². The zero-order valence-corrected chi connectivity index (χ0v) is 12.9. The first-order valence-electron chi connectivity index (χ1n) is 7.88. The average Bonchev–Trinajstić information content (AvgIpc) is 2.54. The van der Waals surface area contributed by atoms with Gasteiger partial charge in [-0.1, -0.05) is 74.5 Å². The van der Waals surface area contributed by atoms with Crippen LogP contribution in [0.3, 0.4) is 0 Å². The Morgan fingerprint density at radius 1 is 0.571 bits per heavy atom. The summed E-state index contributed by atoms with van der Waals surface area (Å²) in [4.78, 5) is 0. The van der Waals surface area contributed by atoms with Crippen LogP contribution in [0.2, 0.25) is 0 Å². The summed E-state index contributed by atoms with van der Waals surface area (Å²) in [6.07, 6.45) is 3.24. The molecule has 0 spiro atoms. The van der Waals surface area contributed by atoms with E-state index in [-0.39, 0.29) is 0 Å². The third-order valence-electron chi connectivity index (χ3n) is 4.15. The van der Waals surface area contributed by atoms with E-state index in [4.69, 9.17) is 0 Å². The van der Waals surface area contributed by atoms with E-state index in [0.29, 0.717) is 0 Å². The maximum atomic E-state index is 2.36. The van der Waals surface area contributed by atoms with Gasteiger partial charge in [0, 0.05) is 0 Å². The van der Waals surface area contributed by atoms with Gasteiger partial charge in [-0.05, 0) is 52.3 Å². The SMILES string of the molecule is CCc1cc(CC)cc(Cc2ccc3ccccc3c2)c1. The Labute approximate surface area is 127 Å². The molecular weight excluding hydrogens is 252 g/mol. The molecular formula is C21H22. The molecule has 0 N–H and O–H groups in total. The quantitative estimate of drug-likeness (QED) is 0.584. The van der Waals surface area contributed by atoms with Gasteiger partial charge in [-0.25, -0.2) is 0 Å². The summed E-state index contributed by atoms with van der Waals surface area (Å²) in [5.74, 6) is 0. The minimum absolute atomic E-state index is 1.02. The Hall–Kier alpha value is -2.08. The highest BCUT2D eigenvalue weighted by Gasteiger charge is 2.02. The second-order valence-electron chi connectivity index (χ2n) is 5.72. The standard InChI is InChI=1S/C21H22/c1-3-16-11-17(4-2)13-19(12-16)14-18-9-10-20-7-5-6-8-21(20)15-18/h5-13,15H,3-4,14H2,1-2H3. The molecule has 0 aromatic heterocycles. The fourth-order valence-electron chi connectivity index (χ4n) is 2.93. The van der Waals surface area contributed by atoms with E-state index in [1.54, 1.807) is 0 Å². The third-order valence-corrected chi connectivity index (χ3v) is 4.15. The number of fused-ring (bicyclic) bond motifs is 1. The lowest BCUT2D eigenvalue weighted by Gasteiger charge is -2.09. The number of rotatable bonds is 4. The zero-order chi connectivity index (χ0) is 14.7. The highest BCUT2D eigenvalue weighted by Crippen LogP contribution is 2.20. The van der Waals surface area contributed by atoms with Crippen molar-refractivity contribution in [1.82, 2.24) is 0 Å². The van der Waals surface area contributed by atoms with Gasteiger partial charge in [-0.2, -0.15) is 0 Å². The third kappa shape index (κ3) is 3.16. The van der Waals surface area contributed by atoms with Crippen LogP contribution >= 0.6 is 0 Å². The molecule has 21 heavy (non-hydrogen) atoms. The summed E-state index contributed by atoms with van der Waals surface area (Å²) in [7, 11) is 0. The first-order chi connectivity index (χ1) is 10.3. The fraction of sp³-hybridized carbons (Fsp3) is 0.238. The van der Waals surface area contributed by atoms with Crippen molar-refractivity contribution >= 4 is 10.8 Å². The van der Waals surface area contributed by atoms with Crippen molar-refractivity contribution in [1.29, 1.82) is 0 Å². The van der Waals surface area contributed by atoms with Crippen LogP contribution in [0.1, 0.15) is 36.1 Å². The summed E-state index contributed by atoms with van der Waals surface area (Å²) in [5.41, 5.74) is 5.72. The molecule has 0 unspecified atom stereocenters. The summed E-state index contributed by atoms with van der Waals surface area (Å²) in [5, 5.41) is 2.65. The van der Waals surface area contributed by atoms with Crippen molar-refractivity contribution in [3.05, 3.63) is 82.9 Å². The average molecular weight is 274 g/mol. The van der Waals surface area contributed by atoms with Gasteiger partial charge in [0.2, 0.25) is 0 Å². The molecule has 0 heterocycles. The van der Waals surface area contributed by atoms with Gasteiger partial charge in [0.1, 0.15) is 0 Å². The van der Waals surface area contributed by atoms with Crippen LogP contribution in [0.4, 0.5) is 0 Å². The summed E-state index contributed by atoms with van der Waals surface area (Å²) < 4.78 is 0. The molecule has 0 nitrogen and oxygen atoms in total. The Morgan fingerprint density at radius 3 is 1.86 bits per heavy atom. The minimum Gasteiger partial charge on any atom is -0.0616 e. The predicted octanol–water partition coefficient (Wildman–Crippen LogP) is 5.56. The van der Waals surface area contributed by atoms with Crippen molar-refractivity contribution in [3.8, 4) is 0 Å². The van der Waals surface area contributed by atoms with E-state index in [0.717, 1.165) is 19.3 Å². The number of hydrogen-bond donors (Lipinski definition) is 0. The van der Waals surface area contributed by atoms with Crippen LogP contribution in [0.5, 0.6) is 0 Å². The first kappa shape index (κ1) is 13.9. The van der Waals surface area contributed by atoms with Crippen molar-refractivity contribution in [2.24, 2.45) is 0 Å². The van der Waals surface area contributed by atoms with Gasteiger partial charge in [-0.3, -0.25) is 0 Å². The lowest BCUT2D eigenvalue weighted by molar-refractivity contribution is 1.06. The molecule has 0 amide bonds. The van der Waals surface area contributed by atoms with Crippen LogP contribution in [0.15, 0.2) is 60.7 Å².